The Kier molecular flexibility index (Phi) is 4.18. The van der Waals surface area contributed by atoms with Crippen molar-refractivity contribution in [2.75, 3.05) is 5.73 Å². The highest BCUT2D eigenvalue weighted by Gasteiger charge is 2.06. The van der Waals surface area contributed by atoms with Crippen LogP contribution >= 0.6 is 0 Å². The fourth-order valence-corrected chi connectivity index (χ4v) is 1.83. The Morgan fingerprint density at radius 3 is 2.68 bits per heavy atom. The summed E-state index contributed by atoms with van der Waals surface area (Å²) in [6, 6.07) is 12.0. The van der Waals surface area contributed by atoms with Crippen LogP contribution in [0.25, 0.3) is 0 Å². The van der Waals surface area contributed by atoms with Crippen LogP contribution in [0.15, 0.2) is 55.1 Å². The molecule has 0 aliphatic heterocycles. The van der Waals surface area contributed by atoms with Crippen molar-refractivity contribution in [3.05, 3.63) is 72.1 Å². The van der Waals surface area contributed by atoms with Crippen molar-refractivity contribution < 1.29 is 9.13 Å². The van der Waals surface area contributed by atoms with Crippen LogP contribution in [0.2, 0.25) is 0 Å². The predicted molar refractivity (Wildman–Crippen MR) is 75.5 cm³/mol. The van der Waals surface area contributed by atoms with Gasteiger partial charge in [0, 0.05) is 11.3 Å². The van der Waals surface area contributed by atoms with Gasteiger partial charge in [-0.1, -0.05) is 24.3 Å². The predicted octanol–water partition coefficient (Wildman–Crippen LogP) is 3.72. The highest BCUT2D eigenvalue weighted by molar-refractivity contribution is 5.48. The van der Waals surface area contributed by atoms with E-state index in [1.807, 2.05) is 6.07 Å². The lowest BCUT2D eigenvalue weighted by atomic mass is 10.1. The Morgan fingerprint density at radius 2 is 1.95 bits per heavy atom. The van der Waals surface area contributed by atoms with E-state index in [1.165, 1.54) is 6.07 Å². The highest BCUT2D eigenvalue weighted by Crippen LogP contribution is 2.23. The zero-order valence-corrected chi connectivity index (χ0v) is 10.6. The second-order valence-electron chi connectivity index (χ2n) is 4.24. The molecule has 0 radical (unpaired) electrons. The van der Waals surface area contributed by atoms with Gasteiger partial charge in [0.25, 0.3) is 0 Å². The van der Waals surface area contributed by atoms with Gasteiger partial charge in [0.1, 0.15) is 18.2 Å². The molecule has 3 heteroatoms. The Labute approximate surface area is 112 Å². The van der Waals surface area contributed by atoms with Crippen LogP contribution in [0.5, 0.6) is 5.75 Å². The summed E-state index contributed by atoms with van der Waals surface area (Å²) in [5.74, 6) is 0.445. The van der Waals surface area contributed by atoms with Crippen molar-refractivity contribution in [2.45, 2.75) is 13.0 Å². The Balaban J connectivity index is 2.15. The first-order valence-corrected chi connectivity index (χ1v) is 6.06. The van der Waals surface area contributed by atoms with Gasteiger partial charge in [-0.05, 0) is 36.2 Å². The highest BCUT2D eigenvalue weighted by atomic mass is 19.1. The summed E-state index contributed by atoms with van der Waals surface area (Å²) in [6.45, 7) is 3.90. The number of halogens is 1. The van der Waals surface area contributed by atoms with Gasteiger partial charge in [-0.25, -0.2) is 4.39 Å². The minimum absolute atomic E-state index is 0.195. The van der Waals surface area contributed by atoms with E-state index in [0.717, 1.165) is 5.56 Å². The molecule has 2 N–H and O–H groups in total. The molecule has 2 aromatic carbocycles. The lowest BCUT2D eigenvalue weighted by molar-refractivity contribution is 0.297. The number of allylic oxidation sites excluding steroid dienone is 1. The molecule has 0 atom stereocenters. The standard InChI is InChI=1S/C16H16FNO/c1-2-5-12-10-14(18)8-9-16(12)19-11-13-6-3-4-7-15(13)17/h2-4,6-10H,1,5,11,18H2. The minimum atomic E-state index is -0.261. The van der Waals surface area contributed by atoms with Crippen molar-refractivity contribution in [1.29, 1.82) is 0 Å². The minimum Gasteiger partial charge on any atom is -0.489 e. The SMILES string of the molecule is C=CCc1cc(N)ccc1OCc1ccccc1F. The monoisotopic (exact) mass is 257 g/mol. The van der Waals surface area contributed by atoms with E-state index in [1.54, 1.807) is 36.4 Å². The smallest absolute Gasteiger partial charge is 0.129 e. The summed E-state index contributed by atoms with van der Waals surface area (Å²) >= 11 is 0. The van der Waals surface area contributed by atoms with E-state index >= 15 is 0 Å². The van der Waals surface area contributed by atoms with Crippen LogP contribution in [-0.4, -0.2) is 0 Å². The van der Waals surface area contributed by atoms with E-state index in [-0.39, 0.29) is 12.4 Å². The third-order valence-corrected chi connectivity index (χ3v) is 2.79. The molecule has 0 amide bonds. The van der Waals surface area contributed by atoms with Crippen molar-refractivity contribution in [3.8, 4) is 5.75 Å². The van der Waals surface area contributed by atoms with E-state index in [0.29, 0.717) is 23.4 Å². The van der Waals surface area contributed by atoms with Crippen molar-refractivity contribution in [3.63, 3.8) is 0 Å². The first kappa shape index (κ1) is 13.1. The quantitative estimate of drug-likeness (QED) is 0.654. The maximum atomic E-state index is 13.5. The second-order valence-corrected chi connectivity index (χ2v) is 4.24. The van der Waals surface area contributed by atoms with Gasteiger partial charge in [0.15, 0.2) is 0 Å². The lowest BCUT2D eigenvalue weighted by Gasteiger charge is -2.11. The average molecular weight is 257 g/mol. The molecule has 0 saturated heterocycles. The molecule has 0 fully saturated rings. The summed E-state index contributed by atoms with van der Waals surface area (Å²) in [5, 5.41) is 0. The molecular formula is C16H16FNO. The summed E-state index contributed by atoms with van der Waals surface area (Å²) in [7, 11) is 0. The first-order valence-electron chi connectivity index (χ1n) is 6.06. The third kappa shape index (κ3) is 3.35. The number of hydrogen-bond donors (Lipinski definition) is 1. The van der Waals surface area contributed by atoms with Crippen LogP contribution in [0.4, 0.5) is 10.1 Å². The Bertz CT molecular complexity index is 581. The summed E-state index contributed by atoms with van der Waals surface area (Å²) in [5.41, 5.74) is 7.90. The number of anilines is 1. The van der Waals surface area contributed by atoms with Gasteiger partial charge >= 0.3 is 0 Å². The number of hydrogen-bond acceptors (Lipinski definition) is 2. The molecule has 0 bridgehead atoms. The van der Waals surface area contributed by atoms with E-state index < -0.39 is 0 Å². The third-order valence-electron chi connectivity index (χ3n) is 2.79. The number of rotatable bonds is 5. The fraction of sp³-hybridized carbons (Fsp3) is 0.125. The number of nitrogens with two attached hydrogens (primary N) is 1. The maximum absolute atomic E-state index is 13.5. The molecule has 98 valence electrons. The van der Waals surface area contributed by atoms with Gasteiger partial charge in [0.05, 0.1) is 0 Å². The molecule has 0 saturated carbocycles. The number of benzene rings is 2. The largest absolute Gasteiger partial charge is 0.489 e. The maximum Gasteiger partial charge on any atom is 0.129 e. The molecule has 0 aromatic heterocycles. The van der Waals surface area contributed by atoms with Crippen LogP contribution in [0.3, 0.4) is 0 Å². The molecule has 0 spiro atoms. The van der Waals surface area contributed by atoms with Crippen molar-refractivity contribution in [1.82, 2.24) is 0 Å². The summed E-state index contributed by atoms with van der Waals surface area (Å²) in [4.78, 5) is 0. The van der Waals surface area contributed by atoms with Gasteiger partial charge < -0.3 is 10.5 Å². The molecule has 2 rings (SSSR count). The van der Waals surface area contributed by atoms with Gasteiger partial charge in [-0.2, -0.15) is 0 Å². The molecule has 19 heavy (non-hydrogen) atoms. The Morgan fingerprint density at radius 1 is 1.16 bits per heavy atom. The normalized spacial score (nSPS) is 10.2. The van der Waals surface area contributed by atoms with Crippen LogP contribution in [0.1, 0.15) is 11.1 Å². The Hall–Kier alpha value is -2.29. The zero-order valence-electron chi connectivity index (χ0n) is 10.6. The molecule has 0 aliphatic rings. The van der Waals surface area contributed by atoms with Crippen molar-refractivity contribution >= 4 is 5.69 Å². The average Bonchev–Trinajstić information content (AvgIpc) is 2.40. The number of nitrogen functional groups attached to an aromatic ring is 1. The molecule has 0 aliphatic carbocycles. The molecule has 0 heterocycles. The molecule has 2 nitrogen and oxygen atoms in total. The van der Waals surface area contributed by atoms with Crippen LogP contribution < -0.4 is 10.5 Å². The van der Waals surface area contributed by atoms with Crippen molar-refractivity contribution in [2.24, 2.45) is 0 Å². The van der Waals surface area contributed by atoms with Crippen LogP contribution in [-0.2, 0) is 13.0 Å². The second kappa shape index (κ2) is 6.05. The van der Waals surface area contributed by atoms with Gasteiger partial charge in [-0.3, -0.25) is 0 Å². The van der Waals surface area contributed by atoms with Crippen LogP contribution in [0, 0.1) is 5.82 Å². The first-order chi connectivity index (χ1) is 9.20. The van der Waals surface area contributed by atoms with E-state index in [9.17, 15) is 4.39 Å². The van der Waals surface area contributed by atoms with E-state index in [2.05, 4.69) is 6.58 Å². The molecular weight excluding hydrogens is 241 g/mol. The molecule has 0 unspecified atom stereocenters. The topological polar surface area (TPSA) is 35.2 Å². The fourth-order valence-electron chi connectivity index (χ4n) is 1.83. The van der Waals surface area contributed by atoms with Gasteiger partial charge in [0.2, 0.25) is 0 Å². The zero-order chi connectivity index (χ0) is 13.7. The van der Waals surface area contributed by atoms with E-state index in [4.69, 9.17) is 10.5 Å². The lowest BCUT2D eigenvalue weighted by Crippen LogP contribution is -2.01. The summed E-state index contributed by atoms with van der Waals surface area (Å²) < 4.78 is 19.2. The summed E-state index contributed by atoms with van der Waals surface area (Å²) in [6.07, 6.45) is 2.45. The molecule has 2 aromatic rings. The number of ether oxygens (including phenoxy) is 1. The van der Waals surface area contributed by atoms with Gasteiger partial charge in [-0.15, -0.1) is 6.58 Å².